The summed E-state index contributed by atoms with van der Waals surface area (Å²) in [6.07, 6.45) is 3.24. The molecule has 0 amide bonds. The summed E-state index contributed by atoms with van der Waals surface area (Å²) in [6.45, 7) is 3.85. The molecule has 3 rings (SSSR count). The molecular weight excluding hydrogens is 320 g/mol. The summed E-state index contributed by atoms with van der Waals surface area (Å²) in [5.41, 5.74) is 1.42. The predicted molar refractivity (Wildman–Crippen MR) is 80.7 cm³/mol. The number of benzene rings is 1. The minimum Gasteiger partial charge on any atom is -0.297 e. The van der Waals surface area contributed by atoms with Crippen molar-refractivity contribution in [3.63, 3.8) is 0 Å². The molecule has 0 N–H and O–H groups in total. The SMILES string of the molecule is C=C1CCC(n2cnc3ccc(Br)cc3c2=O)C(=O)C1. The van der Waals surface area contributed by atoms with Crippen LogP contribution >= 0.6 is 15.9 Å². The number of nitrogens with zero attached hydrogens (tertiary/aromatic N) is 2. The van der Waals surface area contributed by atoms with Crippen LogP contribution in [0.15, 0.2) is 45.9 Å². The van der Waals surface area contributed by atoms with E-state index in [-0.39, 0.29) is 11.3 Å². The molecule has 0 radical (unpaired) electrons. The summed E-state index contributed by atoms with van der Waals surface area (Å²) < 4.78 is 2.29. The largest absolute Gasteiger partial charge is 0.297 e. The Morgan fingerprint density at radius 2 is 2.15 bits per heavy atom. The van der Waals surface area contributed by atoms with Crippen LogP contribution in [-0.4, -0.2) is 15.3 Å². The number of hydrogen-bond donors (Lipinski definition) is 0. The first kappa shape index (κ1) is 13.2. The van der Waals surface area contributed by atoms with Crippen LogP contribution in [0.1, 0.15) is 25.3 Å². The van der Waals surface area contributed by atoms with Gasteiger partial charge in [-0.15, -0.1) is 0 Å². The molecule has 0 aliphatic heterocycles. The van der Waals surface area contributed by atoms with Crippen molar-refractivity contribution in [2.24, 2.45) is 0 Å². The van der Waals surface area contributed by atoms with E-state index in [0.717, 1.165) is 16.5 Å². The molecule has 2 aromatic rings. The second-order valence-corrected chi connectivity index (χ2v) is 5.98. The van der Waals surface area contributed by atoms with Crippen molar-refractivity contribution in [1.29, 1.82) is 0 Å². The van der Waals surface area contributed by atoms with E-state index >= 15 is 0 Å². The summed E-state index contributed by atoms with van der Waals surface area (Å²) in [6, 6.07) is 4.96. The molecule has 5 heteroatoms. The van der Waals surface area contributed by atoms with Gasteiger partial charge in [-0.05, 0) is 31.0 Å². The molecule has 102 valence electrons. The molecular formula is C15H13BrN2O2. The van der Waals surface area contributed by atoms with E-state index in [1.165, 1.54) is 10.9 Å². The lowest BCUT2D eigenvalue weighted by molar-refractivity contribution is -0.122. The summed E-state index contributed by atoms with van der Waals surface area (Å²) in [5.74, 6) is 0.0412. The van der Waals surface area contributed by atoms with E-state index in [1.54, 1.807) is 12.1 Å². The fourth-order valence-corrected chi connectivity index (χ4v) is 2.94. The highest BCUT2D eigenvalue weighted by atomic mass is 79.9. The Balaban J connectivity index is 2.13. The van der Waals surface area contributed by atoms with E-state index in [2.05, 4.69) is 27.5 Å². The maximum atomic E-state index is 12.5. The average Bonchev–Trinajstić information content (AvgIpc) is 2.41. The number of halogens is 1. The Bertz CT molecular complexity index is 779. The first-order valence-electron chi connectivity index (χ1n) is 6.42. The van der Waals surface area contributed by atoms with Gasteiger partial charge in [-0.2, -0.15) is 0 Å². The Morgan fingerprint density at radius 3 is 2.90 bits per heavy atom. The first-order chi connectivity index (χ1) is 9.56. The third-order valence-corrected chi connectivity index (χ3v) is 4.14. The molecule has 0 saturated heterocycles. The molecule has 1 aliphatic carbocycles. The molecule has 1 saturated carbocycles. The fraction of sp³-hybridized carbons (Fsp3) is 0.267. The van der Waals surface area contributed by atoms with Crippen molar-refractivity contribution in [3.05, 3.63) is 51.5 Å². The highest BCUT2D eigenvalue weighted by Gasteiger charge is 2.26. The third kappa shape index (κ3) is 2.22. The Kier molecular flexibility index (Phi) is 3.30. The van der Waals surface area contributed by atoms with Gasteiger partial charge in [0.05, 0.1) is 23.3 Å². The molecule has 1 aromatic heterocycles. The monoisotopic (exact) mass is 332 g/mol. The molecule has 1 atom stereocenters. The van der Waals surface area contributed by atoms with Gasteiger partial charge in [0.25, 0.3) is 5.56 Å². The quantitative estimate of drug-likeness (QED) is 0.754. The summed E-state index contributed by atoms with van der Waals surface area (Å²) in [4.78, 5) is 28.9. The molecule has 1 fully saturated rings. The number of carbonyl (C=O) groups excluding carboxylic acids is 1. The second-order valence-electron chi connectivity index (χ2n) is 5.07. The van der Waals surface area contributed by atoms with Crippen LogP contribution in [0.4, 0.5) is 0 Å². The van der Waals surface area contributed by atoms with E-state index in [4.69, 9.17) is 0 Å². The number of rotatable bonds is 1. The number of hydrogen-bond acceptors (Lipinski definition) is 3. The second kappa shape index (κ2) is 4.98. The average molecular weight is 333 g/mol. The van der Waals surface area contributed by atoms with Gasteiger partial charge < -0.3 is 0 Å². The van der Waals surface area contributed by atoms with Crippen molar-refractivity contribution in [3.8, 4) is 0 Å². The molecule has 20 heavy (non-hydrogen) atoms. The molecule has 0 spiro atoms. The van der Waals surface area contributed by atoms with Gasteiger partial charge in [0, 0.05) is 10.9 Å². The van der Waals surface area contributed by atoms with Gasteiger partial charge in [0.15, 0.2) is 5.78 Å². The number of fused-ring (bicyclic) bond motifs is 1. The van der Waals surface area contributed by atoms with Crippen molar-refractivity contribution in [1.82, 2.24) is 9.55 Å². The van der Waals surface area contributed by atoms with Crippen molar-refractivity contribution < 1.29 is 4.79 Å². The molecule has 1 aliphatic rings. The van der Waals surface area contributed by atoms with Crippen molar-refractivity contribution in [2.75, 3.05) is 0 Å². The Morgan fingerprint density at radius 1 is 1.35 bits per heavy atom. The summed E-state index contributed by atoms with van der Waals surface area (Å²) in [7, 11) is 0. The van der Waals surface area contributed by atoms with Gasteiger partial charge in [-0.1, -0.05) is 28.1 Å². The maximum Gasteiger partial charge on any atom is 0.261 e. The van der Waals surface area contributed by atoms with E-state index in [1.807, 2.05) is 6.07 Å². The minimum atomic E-state index is -0.413. The van der Waals surface area contributed by atoms with Gasteiger partial charge in [-0.25, -0.2) is 4.98 Å². The highest BCUT2D eigenvalue weighted by Crippen LogP contribution is 2.27. The van der Waals surface area contributed by atoms with Crippen molar-refractivity contribution >= 4 is 32.6 Å². The van der Waals surface area contributed by atoms with Crippen LogP contribution in [-0.2, 0) is 4.79 Å². The number of allylic oxidation sites excluding steroid dienone is 1. The number of aromatic nitrogens is 2. The number of carbonyl (C=O) groups is 1. The van der Waals surface area contributed by atoms with Crippen LogP contribution in [0, 0.1) is 0 Å². The van der Waals surface area contributed by atoms with Gasteiger partial charge in [-0.3, -0.25) is 14.2 Å². The fourth-order valence-electron chi connectivity index (χ4n) is 2.58. The third-order valence-electron chi connectivity index (χ3n) is 3.65. The molecule has 1 unspecified atom stereocenters. The van der Waals surface area contributed by atoms with Crippen LogP contribution in [0.2, 0.25) is 0 Å². The van der Waals surface area contributed by atoms with E-state index in [9.17, 15) is 9.59 Å². The predicted octanol–water partition coefficient (Wildman–Crippen LogP) is 3.01. The van der Waals surface area contributed by atoms with Crippen LogP contribution < -0.4 is 5.56 Å². The zero-order chi connectivity index (χ0) is 14.3. The first-order valence-corrected chi connectivity index (χ1v) is 7.21. The lowest BCUT2D eigenvalue weighted by atomic mass is 9.90. The normalized spacial score (nSPS) is 19.6. The zero-order valence-electron chi connectivity index (χ0n) is 10.8. The van der Waals surface area contributed by atoms with Crippen LogP contribution in [0.3, 0.4) is 0 Å². The molecule has 4 nitrogen and oxygen atoms in total. The van der Waals surface area contributed by atoms with E-state index in [0.29, 0.717) is 23.7 Å². The van der Waals surface area contributed by atoms with Crippen molar-refractivity contribution in [2.45, 2.75) is 25.3 Å². The maximum absolute atomic E-state index is 12.5. The van der Waals surface area contributed by atoms with Gasteiger partial charge in [0.2, 0.25) is 0 Å². The number of Topliss-reactive ketones (excluding diaryl/α,β-unsaturated/α-hetero) is 1. The van der Waals surface area contributed by atoms with Crippen LogP contribution in [0.5, 0.6) is 0 Å². The summed E-state index contributed by atoms with van der Waals surface area (Å²) >= 11 is 3.35. The smallest absolute Gasteiger partial charge is 0.261 e. The molecule has 1 aromatic carbocycles. The Labute approximate surface area is 124 Å². The van der Waals surface area contributed by atoms with Crippen LogP contribution in [0.25, 0.3) is 10.9 Å². The van der Waals surface area contributed by atoms with E-state index < -0.39 is 6.04 Å². The zero-order valence-corrected chi connectivity index (χ0v) is 12.4. The Hall–Kier alpha value is -1.75. The van der Waals surface area contributed by atoms with Gasteiger partial charge >= 0.3 is 0 Å². The molecule has 0 bridgehead atoms. The lowest BCUT2D eigenvalue weighted by Crippen LogP contribution is -2.32. The standard InChI is InChI=1S/C15H13BrN2O2/c1-9-2-5-13(14(19)6-9)18-8-17-12-4-3-10(16)7-11(12)15(18)20/h3-4,7-8,13H,1-2,5-6H2. The molecule has 1 heterocycles. The highest BCUT2D eigenvalue weighted by molar-refractivity contribution is 9.10. The minimum absolute atomic E-state index is 0.0412. The topological polar surface area (TPSA) is 52.0 Å². The summed E-state index contributed by atoms with van der Waals surface area (Å²) in [5, 5.41) is 0.527. The number of ketones is 1. The lowest BCUT2D eigenvalue weighted by Gasteiger charge is -2.23. The van der Waals surface area contributed by atoms with Gasteiger partial charge in [0.1, 0.15) is 0 Å².